The molecule has 3 aromatic heterocycles. The van der Waals surface area contributed by atoms with Gasteiger partial charge in [0.05, 0.1) is 0 Å². The molecule has 11 aromatic rings. The summed E-state index contributed by atoms with van der Waals surface area (Å²) < 4.78 is 4.31. The van der Waals surface area contributed by atoms with Crippen LogP contribution >= 0.6 is 90.4 Å². The van der Waals surface area contributed by atoms with Crippen LogP contribution in [-0.2, 0) is 0 Å². The summed E-state index contributed by atoms with van der Waals surface area (Å²) in [4.78, 5) is 39.7. The number of aromatic nitrogens is 8. The first-order chi connectivity index (χ1) is 29.4. The summed E-state index contributed by atoms with van der Waals surface area (Å²) in [6.07, 6.45) is 0. The molecule has 282 valence electrons. The van der Waals surface area contributed by atoms with Crippen LogP contribution in [0.5, 0.6) is 0 Å². The van der Waals surface area contributed by atoms with E-state index in [2.05, 4.69) is 222 Å². The molecule has 0 spiro atoms. The van der Waals surface area contributed by atoms with E-state index in [4.69, 9.17) is 29.9 Å². The van der Waals surface area contributed by atoms with E-state index in [1.165, 1.54) is 0 Å². The number of nitrogens with zero attached hydrogens (tertiary/aromatic N) is 6. The molecule has 0 saturated carbocycles. The molecule has 2 aliphatic heterocycles. The molecule has 0 radical (unpaired) electrons. The van der Waals surface area contributed by atoms with E-state index in [9.17, 15) is 0 Å². The van der Waals surface area contributed by atoms with Crippen LogP contribution in [0.25, 0.3) is 133 Å². The van der Waals surface area contributed by atoms with Crippen molar-refractivity contribution in [2.75, 3.05) is 0 Å². The first-order valence-corrected chi connectivity index (χ1v) is 23.4. The maximum Gasteiger partial charge on any atom is 0.165 e. The van der Waals surface area contributed by atoms with Crippen LogP contribution in [0.1, 0.15) is 0 Å². The highest BCUT2D eigenvalue weighted by molar-refractivity contribution is 14.1. The van der Waals surface area contributed by atoms with Crippen LogP contribution in [-0.4, -0.2) is 39.9 Å². The number of rotatable bonds is 0. The Balaban J connectivity index is 1.27. The molecule has 2 N–H and O–H groups in total. The van der Waals surface area contributed by atoms with Gasteiger partial charge in [-0.25, -0.2) is 29.9 Å². The second kappa shape index (κ2) is 13.3. The molecule has 0 atom stereocenters. The highest BCUT2D eigenvalue weighted by Gasteiger charge is 2.28. The average Bonchev–Trinajstić information content (AvgIpc) is 3.99. The van der Waals surface area contributed by atoms with Crippen LogP contribution in [0.15, 0.2) is 121 Å². The second-order valence-electron chi connectivity index (χ2n) is 14.9. The third-order valence-corrected chi connectivity index (χ3v) is 16.1. The summed E-state index contributed by atoms with van der Waals surface area (Å²) >= 11 is 9.84. The van der Waals surface area contributed by atoms with E-state index >= 15 is 0 Å². The molecule has 5 heterocycles. The van der Waals surface area contributed by atoms with Gasteiger partial charge in [0.15, 0.2) is 23.3 Å². The van der Waals surface area contributed by atoms with Crippen molar-refractivity contribution in [2.24, 2.45) is 0 Å². The van der Waals surface area contributed by atoms with Gasteiger partial charge < -0.3 is 9.97 Å². The van der Waals surface area contributed by atoms with Gasteiger partial charge in [0.25, 0.3) is 0 Å². The Hall–Kier alpha value is -4.92. The normalized spacial score (nSPS) is 12.3. The predicted octanol–water partition coefficient (Wildman–Crippen LogP) is 13.9. The van der Waals surface area contributed by atoms with Gasteiger partial charge in [0.1, 0.15) is 22.6 Å². The third kappa shape index (κ3) is 5.16. The molecular weight excluding hydrogens is 1200 g/mol. The zero-order chi connectivity index (χ0) is 40.0. The van der Waals surface area contributed by atoms with E-state index in [-0.39, 0.29) is 0 Å². The predicted molar refractivity (Wildman–Crippen MR) is 277 cm³/mol. The van der Waals surface area contributed by atoms with Gasteiger partial charge in [-0.1, -0.05) is 97.1 Å². The molecule has 0 fully saturated rings. The van der Waals surface area contributed by atoms with Crippen molar-refractivity contribution in [1.29, 1.82) is 0 Å². The Morgan fingerprint density at radius 1 is 0.317 bits per heavy atom. The lowest BCUT2D eigenvalue weighted by Gasteiger charge is -2.07. The van der Waals surface area contributed by atoms with Gasteiger partial charge in [-0.3, -0.25) is 0 Å². The summed E-state index contributed by atoms with van der Waals surface area (Å²) in [5.41, 5.74) is 6.44. The SMILES string of the molecule is Ic1c2c(cc3ccccc13)-c1nc-2nc2[nH]c(nc3nc(nc4[nH]c(n1)c1c(I)c5ccccc5cc41)-c1c-3cc3ccccc3c1I)c1c(I)c3ccccc3cc21. The average molecular weight is 1220 g/mol. The molecule has 8 bridgehead atoms. The zero-order valence-corrected chi connectivity index (χ0v) is 39.4. The van der Waals surface area contributed by atoms with Crippen molar-refractivity contribution in [1.82, 2.24) is 39.9 Å². The van der Waals surface area contributed by atoms with Gasteiger partial charge >= 0.3 is 0 Å². The summed E-state index contributed by atoms with van der Waals surface area (Å²) in [5.74, 6) is 2.34. The number of H-pyrrole nitrogens is 2. The topological polar surface area (TPSA) is 109 Å². The smallest absolute Gasteiger partial charge is 0.165 e. The fraction of sp³-hybridized carbons (Fsp3) is 0. The summed E-state index contributed by atoms with van der Waals surface area (Å²) in [6, 6.07) is 42.6. The molecule has 12 heteroatoms. The van der Waals surface area contributed by atoms with Crippen LogP contribution in [0.3, 0.4) is 0 Å². The summed E-state index contributed by atoms with van der Waals surface area (Å²) in [7, 11) is 0. The first kappa shape index (κ1) is 35.8. The molecule has 2 aliphatic rings. The molecule has 8 aromatic carbocycles. The van der Waals surface area contributed by atoms with Gasteiger partial charge in [-0.2, -0.15) is 0 Å². The number of hydrogen-bond donors (Lipinski definition) is 2. The lowest BCUT2D eigenvalue weighted by atomic mass is 10.0. The largest absolute Gasteiger partial charge is 0.324 e. The monoisotopic (exact) mass is 1220 g/mol. The lowest BCUT2D eigenvalue weighted by molar-refractivity contribution is 1.19. The Bertz CT molecular complexity index is 3710. The van der Waals surface area contributed by atoms with Gasteiger partial charge in [-0.05, 0) is 158 Å². The molecule has 60 heavy (non-hydrogen) atoms. The minimum atomic E-state index is 0.583. The van der Waals surface area contributed by atoms with Gasteiger partial charge in [-0.15, -0.1) is 0 Å². The molecule has 0 saturated heterocycles. The Morgan fingerprint density at radius 3 is 1.05 bits per heavy atom. The van der Waals surface area contributed by atoms with E-state index in [0.717, 1.165) is 101 Å². The fourth-order valence-corrected chi connectivity index (χ4v) is 13.0. The van der Waals surface area contributed by atoms with Gasteiger partial charge in [0, 0.05) is 58.1 Å². The van der Waals surface area contributed by atoms with E-state index in [1.54, 1.807) is 0 Å². The Labute approximate surface area is 394 Å². The number of nitrogens with one attached hydrogen (secondary N) is 2. The Morgan fingerprint density at radius 2 is 0.650 bits per heavy atom. The maximum absolute atomic E-state index is 5.43. The minimum Gasteiger partial charge on any atom is -0.324 e. The van der Waals surface area contributed by atoms with Crippen LogP contribution in [0, 0.1) is 14.3 Å². The van der Waals surface area contributed by atoms with E-state index in [0.29, 0.717) is 45.9 Å². The van der Waals surface area contributed by atoms with Crippen molar-refractivity contribution in [3.63, 3.8) is 0 Å². The Kier molecular flexibility index (Phi) is 7.93. The fourth-order valence-electron chi connectivity index (χ4n) is 8.86. The summed E-state index contributed by atoms with van der Waals surface area (Å²) in [6.45, 7) is 0. The van der Waals surface area contributed by atoms with Crippen molar-refractivity contribution in [3.05, 3.63) is 136 Å². The van der Waals surface area contributed by atoms with Crippen molar-refractivity contribution in [3.8, 4) is 45.6 Å². The first-order valence-electron chi connectivity index (χ1n) is 19.1. The number of aromatic amines is 2. The highest BCUT2D eigenvalue weighted by Crippen LogP contribution is 2.45. The molecule has 0 unspecified atom stereocenters. The number of hydrogen-bond acceptors (Lipinski definition) is 6. The standard InChI is InChI=1S/C48H22I4N8/c49-37-25-13-5-1-9-21(25)17-29-33(37)45-53-41(29)57-46-34-30(18-22-10-2-6-14-26(22)38(34)50)43(54-46)59-48-36-32(20-24-12-4-8-16-28(24)40(36)52)44(56-48)60-47-35-31(42(55-47)58-45)19-23-11-3-7-15-27(23)39(35)51/h1-20H,(H2,53,54,55,56,57,58,59,60). The lowest BCUT2D eigenvalue weighted by Crippen LogP contribution is -1.89. The van der Waals surface area contributed by atoms with E-state index in [1.807, 2.05) is 0 Å². The van der Waals surface area contributed by atoms with Gasteiger partial charge in [0.2, 0.25) is 0 Å². The molecule has 0 aliphatic carbocycles. The molecule has 8 nitrogen and oxygen atoms in total. The van der Waals surface area contributed by atoms with Crippen LogP contribution in [0.2, 0.25) is 0 Å². The van der Waals surface area contributed by atoms with Crippen LogP contribution in [0.4, 0.5) is 0 Å². The molecule has 13 rings (SSSR count). The van der Waals surface area contributed by atoms with Crippen molar-refractivity contribution < 1.29 is 0 Å². The zero-order valence-electron chi connectivity index (χ0n) is 30.7. The number of halogens is 4. The molecular formula is C48H22I4N8. The maximum atomic E-state index is 5.43. The summed E-state index contributed by atoms with van der Waals surface area (Å²) in [5, 5.41) is 12.9. The number of fused-ring (bicyclic) bond motifs is 24. The second-order valence-corrected chi connectivity index (χ2v) is 19.3. The third-order valence-electron chi connectivity index (χ3n) is 11.6. The van der Waals surface area contributed by atoms with E-state index < -0.39 is 0 Å². The number of benzene rings is 8. The highest BCUT2D eigenvalue weighted by atomic mass is 127. The minimum absolute atomic E-state index is 0.583. The molecule has 0 amide bonds. The van der Waals surface area contributed by atoms with Crippen molar-refractivity contribution >= 4 is 178 Å². The van der Waals surface area contributed by atoms with Crippen LogP contribution < -0.4 is 0 Å². The van der Waals surface area contributed by atoms with Crippen molar-refractivity contribution in [2.45, 2.75) is 0 Å². The quantitative estimate of drug-likeness (QED) is 0.146.